The Morgan fingerprint density at radius 1 is 1.38 bits per heavy atom. The maximum atomic E-state index is 12.3. The van der Waals surface area contributed by atoms with Crippen molar-refractivity contribution < 1.29 is 14.7 Å². The molecule has 0 unspecified atom stereocenters. The molecule has 0 aliphatic heterocycles. The van der Waals surface area contributed by atoms with Crippen molar-refractivity contribution >= 4 is 23.5 Å². The van der Waals surface area contributed by atoms with Gasteiger partial charge < -0.3 is 10.4 Å². The Labute approximate surface area is 145 Å². The maximum absolute atomic E-state index is 12.3. The highest BCUT2D eigenvalue weighted by molar-refractivity contribution is 6.31. The summed E-state index contributed by atoms with van der Waals surface area (Å²) in [5.74, 6) is -1.65. The second kappa shape index (κ2) is 7.97. The minimum atomic E-state index is -1.04. The molecule has 0 bridgehead atoms. The number of hydrogen-bond donors (Lipinski definition) is 2. The van der Waals surface area contributed by atoms with E-state index in [0.29, 0.717) is 23.6 Å². The SMILES string of the molecule is CC[C@H](C)[C@H](NC(=O)c1cnn(Cc2ccccc2Cl)c1)C(=O)O. The lowest BCUT2D eigenvalue weighted by atomic mass is 9.99. The number of carboxylic acid groups (broad SMARTS) is 1. The summed E-state index contributed by atoms with van der Waals surface area (Å²) in [7, 11) is 0. The number of benzene rings is 1. The zero-order valence-corrected chi connectivity index (χ0v) is 14.3. The lowest BCUT2D eigenvalue weighted by molar-refractivity contribution is -0.140. The number of aromatic nitrogens is 2. The number of amides is 1. The van der Waals surface area contributed by atoms with Crippen LogP contribution in [-0.4, -0.2) is 32.8 Å². The highest BCUT2D eigenvalue weighted by Gasteiger charge is 2.26. The number of halogens is 1. The van der Waals surface area contributed by atoms with Gasteiger partial charge in [0.05, 0.1) is 18.3 Å². The fourth-order valence-corrected chi connectivity index (χ4v) is 2.47. The van der Waals surface area contributed by atoms with Crippen LogP contribution in [0.1, 0.15) is 36.2 Å². The number of nitrogens with zero attached hydrogens (tertiary/aromatic N) is 2. The predicted octanol–water partition coefficient (Wildman–Crippen LogP) is 2.81. The number of aliphatic carboxylic acids is 1. The number of hydrogen-bond acceptors (Lipinski definition) is 3. The summed E-state index contributed by atoms with van der Waals surface area (Å²) in [6.45, 7) is 4.11. The van der Waals surface area contributed by atoms with Gasteiger partial charge in [0, 0.05) is 11.2 Å². The van der Waals surface area contributed by atoms with E-state index < -0.39 is 17.9 Å². The van der Waals surface area contributed by atoms with Gasteiger partial charge in [-0.2, -0.15) is 5.10 Å². The average Bonchev–Trinajstić information content (AvgIpc) is 3.02. The van der Waals surface area contributed by atoms with Crippen LogP contribution in [0.3, 0.4) is 0 Å². The summed E-state index contributed by atoms with van der Waals surface area (Å²) < 4.78 is 1.59. The zero-order chi connectivity index (χ0) is 17.7. The Balaban J connectivity index is 2.08. The van der Waals surface area contributed by atoms with E-state index in [-0.39, 0.29) is 5.92 Å². The topological polar surface area (TPSA) is 84.2 Å². The standard InChI is InChI=1S/C17H20ClN3O3/c1-3-11(2)15(17(23)24)20-16(22)13-8-19-21(10-13)9-12-6-4-5-7-14(12)18/h4-8,10-11,15H,3,9H2,1-2H3,(H,20,22)(H,23,24)/t11-,15-/m0/s1. The lowest BCUT2D eigenvalue weighted by Gasteiger charge is -2.19. The number of carbonyl (C=O) groups is 2. The maximum Gasteiger partial charge on any atom is 0.326 e. The van der Waals surface area contributed by atoms with Crippen LogP contribution in [0.25, 0.3) is 0 Å². The summed E-state index contributed by atoms with van der Waals surface area (Å²) in [5.41, 5.74) is 1.20. The van der Waals surface area contributed by atoms with Gasteiger partial charge in [0.25, 0.3) is 5.91 Å². The van der Waals surface area contributed by atoms with Gasteiger partial charge in [0.15, 0.2) is 0 Å². The Hall–Kier alpha value is -2.34. The number of carbonyl (C=O) groups excluding carboxylic acids is 1. The van der Waals surface area contributed by atoms with Gasteiger partial charge in [-0.1, -0.05) is 50.1 Å². The Kier molecular flexibility index (Phi) is 5.98. The molecule has 1 amide bonds. The van der Waals surface area contributed by atoms with Crippen molar-refractivity contribution in [1.82, 2.24) is 15.1 Å². The third kappa shape index (κ3) is 4.35. The molecule has 1 aromatic carbocycles. The van der Waals surface area contributed by atoms with E-state index in [2.05, 4.69) is 10.4 Å². The van der Waals surface area contributed by atoms with Crippen molar-refractivity contribution in [1.29, 1.82) is 0 Å². The van der Waals surface area contributed by atoms with E-state index in [1.165, 1.54) is 6.20 Å². The molecule has 128 valence electrons. The van der Waals surface area contributed by atoms with Crippen LogP contribution in [0.5, 0.6) is 0 Å². The molecule has 6 nitrogen and oxygen atoms in total. The van der Waals surface area contributed by atoms with E-state index in [1.54, 1.807) is 23.9 Å². The Morgan fingerprint density at radius 2 is 2.08 bits per heavy atom. The smallest absolute Gasteiger partial charge is 0.326 e. The minimum Gasteiger partial charge on any atom is -0.480 e. The van der Waals surface area contributed by atoms with Crippen LogP contribution in [0.15, 0.2) is 36.7 Å². The van der Waals surface area contributed by atoms with Crippen molar-refractivity contribution in [3.8, 4) is 0 Å². The van der Waals surface area contributed by atoms with Gasteiger partial charge in [0.2, 0.25) is 0 Å². The van der Waals surface area contributed by atoms with Crippen molar-refractivity contribution in [2.24, 2.45) is 5.92 Å². The molecule has 2 aromatic rings. The quantitative estimate of drug-likeness (QED) is 0.805. The summed E-state index contributed by atoms with van der Waals surface area (Å²) >= 11 is 6.11. The van der Waals surface area contributed by atoms with Crippen molar-refractivity contribution in [2.45, 2.75) is 32.9 Å². The van der Waals surface area contributed by atoms with E-state index in [4.69, 9.17) is 11.6 Å². The van der Waals surface area contributed by atoms with Gasteiger partial charge in [-0.05, 0) is 17.5 Å². The van der Waals surface area contributed by atoms with Crippen molar-refractivity contribution in [3.05, 3.63) is 52.8 Å². The predicted molar refractivity (Wildman–Crippen MR) is 91.1 cm³/mol. The highest BCUT2D eigenvalue weighted by atomic mass is 35.5. The Bertz CT molecular complexity index is 729. The molecule has 7 heteroatoms. The van der Waals surface area contributed by atoms with Crippen LogP contribution in [0, 0.1) is 5.92 Å². The highest BCUT2D eigenvalue weighted by Crippen LogP contribution is 2.16. The third-order valence-electron chi connectivity index (χ3n) is 3.95. The largest absolute Gasteiger partial charge is 0.480 e. The second-order valence-corrected chi connectivity index (χ2v) is 6.10. The van der Waals surface area contributed by atoms with Gasteiger partial charge in [-0.3, -0.25) is 9.48 Å². The lowest BCUT2D eigenvalue weighted by Crippen LogP contribution is -2.44. The van der Waals surface area contributed by atoms with Gasteiger partial charge in [-0.15, -0.1) is 0 Å². The molecule has 0 aliphatic carbocycles. The average molecular weight is 350 g/mol. The first kappa shape index (κ1) is 18.0. The first-order valence-electron chi connectivity index (χ1n) is 7.72. The van der Waals surface area contributed by atoms with Crippen molar-refractivity contribution in [2.75, 3.05) is 0 Å². The van der Waals surface area contributed by atoms with E-state index in [1.807, 2.05) is 25.1 Å². The molecule has 0 spiro atoms. The monoisotopic (exact) mass is 349 g/mol. The van der Waals surface area contributed by atoms with E-state index >= 15 is 0 Å². The fraction of sp³-hybridized carbons (Fsp3) is 0.353. The molecule has 0 saturated carbocycles. The molecule has 1 heterocycles. The third-order valence-corrected chi connectivity index (χ3v) is 4.32. The first-order valence-corrected chi connectivity index (χ1v) is 8.09. The number of nitrogens with one attached hydrogen (secondary N) is 1. The molecule has 2 N–H and O–H groups in total. The molecule has 2 rings (SSSR count). The summed E-state index contributed by atoms with van der Waals surface area (Å²) in [4.78, 5) is 23.6. The van der Waals surface area contributed by atoms with E-state index in [9.17, 15) is 14.7 Å². The van der Waals surface area contributed by atoms with Crippen LogP contribution < -0.4 is 5.32 Å². The molecule has 0 fully saturated rings. The molecular weight excluding hydrogens is 330 g/mol. The summed E-state index contributed by atoms with van der Waals surface area (Å²) in [6.07, 6.45) is 3.65. The van der Waals surface area contributed by atoms with Crippen molar-refractivity contribution in [3.63, 3.8) is 0 Å². The number of carboxylic acids is 1. The van der Waals surface area contributed by atoms with Crippen LogP contribution >= 0.6 is 11.6 Å². The van der Waals surface area contributed by atoms with Crippen LogP contribution in [-0.2, 0) is 11.3 Å². The first-order chi connectivity index (χ1) is 11.4. The molecule has 0 aliphatic rings. The Morgan fingerprint density at radius 3 is 2.71 bits per heavy atom. The van der Waals surface area contributed by atoms with Gasteiger partial charge in [-0.25, -0.2) is 4.79 Å². The zero-order valence-electron chi connectivity index (χ0n) is 13.6. The van der Waals surface area contributed by atoms with Gasteiger partial charge >= 0.3 is 5.97 Å². The normalized spacial score (nSPS) is 13.3. The molecule has 0 radical (unpaired) electrons. The van der Waals surface area contributed by atoms with Gasteiger partial charge in [0.1, 0.15) is 6.04 Å². The number of rotatable bonds is 7. The minimum absolute atomic E-state index is 0.162. The van der Waals surface area contributed by atoms with Crippen LogP contribution in [0.4, 0.5) is 0 Å². The van der Waals surface area contributed by atoms with Crippen LogP contribution in [0.2, 0.25) is 5.02 Å². The molecule has 0 saturated heterocycles. The molecule has 1 aromatic heterocycles. The van der Waals surface area contributed by atoms with E-state index in [0.717, 1.165) is 5.56 Å². The fourth-order valence-electron chi connectivity index (χ4n) is 2.28. The molecular formula is C17H20ClN3O3. The summed E-state index contributed by atoms with van der Waals surface area (Å²) in [5, 5.41) is 16.6. The summed E-state index contributed by atoms with van der Waals surface area (Å²) in [6, 6.07) is 6.47. The second-order valence-electron chi connectivity index (χ2n) is 5.69. The molecule has 2 atom stereocenters. The molecule has 24 heavy (non-hydrogen) atoms.